The highest BCUT2D eigenvalue weighted by atomic mass is 32.1. The van der Waals surface area contributed by atoms with Crippen molar-refractivity contribution in [2.24, 2.45) is 0 Å². The van der Waals surface area contributed by atoms with Gasteiger partial charge in [0, 0.05) is 28.1 Å². The number of hydrogen-bond donors (Lipinski definition) is 1. The molecule has 0 bridgehead atoms. The summed E-state index contributed by atoms with van der Waals surface area (Å²) in [5.41, 5.74) is 3.14. The summed E-state index contributed by atoms with van der Waals surface area (Å²) < 4.78 is 1.29. The van der Waals surface area contributed by atoms with Crippen molar-refractivity contribution in [1.82, 2.24) is 15.0 Å². The Morgan fingerprint density at radius 2 is 1.75 bits per heavy atom. The van der Waals surface area contributed by atoms with Gasteiger partial charge in [-0.1, -0.05) is 39.0 Å². The predicted octanol–water partition coefficient (Wildman–Crippen LogP) is 5.65. The van der Waals surface area contributed by atoms with Gasteiger partial charge >= 0.3 is 0 Å². The Morgan fingerprint density at radius 3 is 2.46 bits per heavy atom. The molecular weight excluding hydrogens is 314 g/mol. The Hall–Kier alpha value is -2.46. The molecule has 3 nitrogen and oxygen atoms in total. The maximum absolute atomic E-state index is 4.92. The molecule has 0 radical (unpaired) electrons. The van der Waals surface area contributed by atoms with Gasteiger partial charge < -0.3 is 4.98 Å². The SMILES string of the molecule is CC(C)(C)c1nc(-c2ccncc2)c(-c2cc3ccccc3s2)[nH]1. The number of aromatic nitrogens is 3. The lowest BCUT2D eigenvalue weighted by molar-refractivity contribution is 0.553. The van der Waals surface area contributed by atoms with E-state index >= 15 is 0 Å². The summed E-state index contributed by atoms with van der Waals surface area (Å²) in [4.78, 5) is 13.8. The molecule has 0 spiro atoms. The zero-order chi connectivity index (χ0) is 16.7. The second kappa shape index (κ2) is 5.56. The third-order valence-electron chi connectivity index (χ3n) is 4.04. The molecule has 0 saturated carbocycles. The van der Waals surface area contributed by atoms with Crippen LogP contribution in [0.3, 0.4) is 0 Å². The highest BCUT2D eigenvalue weighted by molar-refractivity contribution is 7.22. The predicted molar refractivity (Wildman–Crippen MR) is 101 cm³/mol. The molecule has 0 unspecified atom stereocenters. The summed E-state index contributed by atoms with van der Waals surface area (Å²) >= 11 is 1.80. The summed E-state index contributed by atoms with van der Waals surface area (Å²) in [7, 11) is 0. The quantitative estimate of drug-likeness (QED) is 0.515. The average molecular weight is 333 g/mol. The standard InChI is InChI=1S/C20H19N3S/c1-20(2,3)19-22-17(13-8-10-21-11-9-13)18(23-19)16-12-14-6-4-5-7-15(14)24-16/h4-12H,1-3H3,(H,22,23). The number of nitrogens with one attached hydrogen (secondary N) is 1. The molecule has 0 aliphatic carbocycles. The van der Waals surface area contributed by atoms with Gasteiger partial charge in [0.2, 0.25) is 0 Å². The lowest BCUT2D eigenvalue weighted by Gasteiger charge is -2.14. The summed E-state index contributed by atoms with van der Waals surface area (Å²) in [6.45, 7) is 6.53. The van der Waals surface area contributed by atoms with Crippen LogP contribution in [0.2, 0.25) is 0 Å². The Kier molecular flexibility index (Phi) is 3.50. The van der Waals surface area contributed by atoms with Crippen LogP contribution in [0.15, 0.2) is 54.9 Å². The van der Waals surface area contributed by atoms with Gasteiger partial charge in [-0.15, -0.1) is 11.3 Å². The molecule has 1 aromatic carbocycles. The second-order valence-electron chi connectivity index (χ2n) is 6.94. The van der Waals surface area contributed by atoms with Crippen LogP contribution in [-0.2, 0) is 5.41 Å². The minimum absolute atomic E-state index is 0.0310. The Labute approximate surface area is 145 Å². The molecule has 3 aromatic heterocycles. The fourth-order valence-electron chi connectivity index (χ4n) is 2.73. The smallest absolute Gasteiger partial charge is 0.112 e. The van der Waals surface area contributed by atoms with Crippen LogP contribution < -0.4 is 0 Å². The van der Waals surface area contributed by atoms with Crippen LogP contribution >= 0.6 is 11.3 Å². The maximum atomic E-state index is 4.92. The van der Waals surface area contributed by atoms with Gasteiger partial charge in [-0.2, -0.15) is 0 Å². The molecule has 0 amide bonds. The number of benzene rings is 1. The van der Waals surface area contributed by atoms with Crippen LogP contribution in [0.1, 0.15) is 26.6 Å². The first-order chi connectivity index (χ1) is 11.5. The lowest BCUT2D eigenvalue weighted by atomic mass is 9.96. The van der Waals surface area contributed by atoms with Crippen molar-refractivity contribution in [3.8, 4) is 21.8 Å². The van der Waals surface area contributed by atoms with Crippen LogP contribution in [0.4, 0.5) is 0 Å². The van der Waals surface area contributed by atoms with E-state index in [0.29, 0.717) is 0 Å². The molecule has 120 valence electrons. The van der Waals surface area contributed by atoms with Gasteiger partial charge in [-0.3, -0.25) is 4.98 Å². The van der Waals surface area contributed by atoms with Crippen molar-refractivity contribution < 1.29 is 0 Å². The topological polar surface area (TPSA) is 41.6 Å². The number of fused-ring (bicyclic) bond motifs is 1. The van der Waals surface area contributed by atoms with Crippen molar-refractivity contribution in [3.63, 3.8) is 0 Å². The van der Waals surface area contributed by atoms with E-state index in [2.05, 4.69) is 61.1 Å². The zero-order valence-electron chi connectivity index (χ0n) is 14.0. The molecule has 3 heterocycles. The molecule has 0 saturated heterocycles. The molecule has 0 aliphatic rings. The number of pyridine rings is 1. The number of rotatable bonds is 2. The number of hydrogen-bond acceptors (Lipinski definition) is 3. The Morgan fingerprint density at radius 1 is 1.00 bits per heavy atom. The molecule has 0 fully saturated rings. The van der Waals surface area contributed by atoms with Gasteiger partial charge in [0.15, 0.2) is 0 Å². The largest absolute Gasteiger partial charge is 0.340 e. The summed E-state index contributed by atoms with van der Waals surface area (Å²) in [5.74, 6) is 1.00. The van der Waals surface area contributed by atoms with E-state index in [-0.39, 0.29) is 5.41 Å². The Bertz CT molecular complexity index is 958. The second-order valence-corrected chi connectivity index (χ2v) is 8.03. The first kappa shape index (κ1) is 15.1. The first-order valence-electron chi connectivity index (χ1n) is 8.02. The van der Waals surface area contributed by atoms with E-state index < -0.39 is 0 Å². The number of nitrogens with zero attached hydrogens (tertiary/aromatic N) is 2. The fraction of sp³-hybridized carbons (Fsp3) is 0.200. The lowest BCUT2D eigenvalue weighted by Crippen LogP contribution is -2.13. The normalized spacial score (nSPS) is 12.0. The molecule has 1 N–H and O–H groups in total. The fourth-order valence-corrected chi connectivity index (χ4v) is 3.79. The molecule has 0 aliphatic heterocycles. The number of imidazole rings is 1. The molecule has 4 heteroatoms. The van der Waals surface area contributed by atoms with E-state index in [9.17, 15) is 0 Å². The molecule has 0 atom stereocenters. The van der Waals surface area contributed by atoms with Gasteiger partial charge in [-0.25, -0.2) is 4.98 Å². The average Bonchev–Trinajstić information content (AvgIpc) is 3.19. The van der Waals surface area contributed by atoms with Gasteiger partial charge in [-0.05, 0) is 29.7 Å². The summed E-state index contributed by atoms with van der Waals surface area (Å²) in [6, 6.07) is 14.7. The number of thiophene rings is 1. The van der Waals surface area contributed by atoms with Gasteiger partial charge in [0.05, 0.1) is 16.3 Å². The number of H-pyrrole nitrogens is 1. The van der Waals surface area contributed by atoms with E-state index in [1.165, 1.54) is 15.0 Å². The van der Waals surface area contributed by atoms with Crippen molar-refractivity contribution in [2.45, 2.75) is 26.2 Å². The highest BCUT2D eigenvalue weighted by Gasteiger charge is 2.23. The first-order valence-corrected chi connectivity index (χ1v) is 8.84. The molecule has 4 rings (SSSR count). The van der Waals surface area contributed by atoms with Crippen molar-refractivity contribution >= 4 is 21.4 Å². The Balaban J connectivity index is 1.94. The minimum Gasteiger partial charge on any atom is -0.340 e. The molecule has 4 aromatic rings. The third kappa shape index (κ3) is 2.63. The highest BCUT2D eigenvalue weighted by Crippen LogP contribution is 2.38. The third-order valence-corrected chi connectivity index (χ3v) is 5.17. The van der Waals surface area contributed by atoms with Crippen LogP contribution in [-0.4, -0.2) is 15.0 Å². The van der Waals surface area contributed by atoms with Gasteiger partial charge in [0.25, 0.3) is 0 Å². The summed E-state index contributed by atoms with van der Waals surface area (Å²) in [5, 5.41) is 1.27. The van der Waals surface area contributed by atoms with E-state index in [4.69, 9.17) is 4.98 Å². The monoisotopic (exact) mass is 333 g/mol. The van der Waals surface area contributed by atoms with E-state index in [1.54, 1.807) is 11.3 Å². The van der Waals surface area contributed by atoms with Crippen LogP contribution in [0, 0.1) is 0 Å². The van der Waals surface area contributed by atoms with Crippen molar-refractivity contribution in [3.05, 3.63) is 60.7 Å². The van der Waals surface area contributed by atoms with Crippen LogP contribution in [0.25, 0.3) is 31.9 Å². The molecule has 24 heavy (non-hydrogen) atoms. The molecular formula is C20H19N3S. The van der Waals surface area contributed by atoms with E-state index in [0.717, 1.165) is 22.8 Å². The zero-order valence-corrected chi connectivity index (χ0v) is 14.8. The van der Waals surface area contributed by atoms with Crippen molar-refractivity contribution in [1.29, 1.82) is 0 Å². The number of aromatic amines is 1. The van der Waals surface area contributed by atoms with Gasteiger partial charge in [0.1, 0.15) is 5.82 Å². The van der Waals surface area contributed by atoms with E-state index in [1.807, 2.05) is 24.5 Å². The maximum Gasteiger partial charge on any atom is 0.112 e. The van der Waals surface area contributed by atoms with Crippen molar-refractivity contribution in [2.75, 3.05) is 0 Å². The summed E-state index contributed by atoms with van der Waals surface area (Å²) in [6.07, 6.45) is 3.63. The van der Waals surface area contributed by atoms with Crippen LogP contribution in [0.5, 0.6) is 0 Å². The minimum atomic E-state index is -0.0310.